The van der Waals surface area contributed by atoms with E-state index in [1.165, 1.54) is 0 Å². The molecule has 6 nitrogen and oxygen atoms in total. The summed E-state index contributed by atoms with van der Waals surface area (Å²) in [4.78, 5) is 18.6. The first-order chi connectivity index (χ1) is 11.3. The summed E-state index contributed by atoms with van der Waals surface area (Å²) in [5.41, 5.74) is 2.30. The first-order valence-corrected chi connectivity index (χ1v) is 7.62. The van der Waals surface area contributed by atoms with Crippen molar-refractivity contribution < 1.29 is 9.32 Å². The number of hydrogen-bond donors (Lipinski definition) is 0. The molecule has 2 aromatic heterocycles. The summed E-state index contributed by atoms with van der Waals surface area (Å²) in [7, 11) is 0. The van der Waals surface area contributed by atoms with Crippen LogP contribution in [0.3, 0.4) is 0 Å². The summed E-state index contributed by atoms with van der Waals surface area (Å²) in [6.07, 6.45) is 4.52. The van der Waals surface area contributed by atoms with Gasteiger partial charge in [-0.15, -0.1) is 0 Å². The molecule has 0 radical (unpaired) electrons. The van der Waals surface area contributed by atoms with Gasteiger partial charge < -0.3 is 14.0 Å². The molecule has 0 spiro atoms. The fourth-order valence-corrected chi connectivity index (χ4v) is 2.84. The van der Waals surface area contributed by atoms with Gasteiger partial charge in [0.1, 0.15) is 0 Å². The average Bonchev–Trinajstić information content (AvgIpc) is 3.20. The number of amides is 1. The van der Waals surface area contributed by atoms with E-state index in [4.69, 9.17) is 4.52 Å². The average molecular weight is 308 g/mol. The van der Waals surface area contributed by atoms with Crippen molar-refractivity contribution >= 4 is 5.91 Å². The zero-order valence-electron chi connectivity index (χ0n) is 12.6. The molecule has 0 unspecified atom stereocenters. The quantitative estimate of drug-likeness (QED) is 0.730. The highest BCUT2D eigenvalue weighted by Gasteiger charge is 2.23. The largest absolute Gasteiger partial charge is 0.355 e. The van der Waals surface area contributed by atoms with Crippen molar-refractivity contribution in [2.24, 2.45) is 0 Å². The number of aryl methyl sites for hydroxylation is 1. The molecule has 0 saturated heterocycles. The maximum Gasteiger partial charge on any atom is 0.276 e. The van der Waals surface area contributed by atoms with Gasteiger partial charge in [0.05, 0.1) is 18.6 Å². The number of benzene rings is 1. The molecule has 0 bridgehead atoms. The van der Waals surface area contributed by atoms with Crippen LogP contribution in [0.4, 0.5) is 0 Å². The standard InChI is InChI=1S/C17H16N4O2/c22-17(20-7-4-8-21-12-18-10-14(21)11-20)15-9-16(23-19-15)13-5-2-1-3-6-13/h1-3,5-6,9-10,12H,4,7-8,11H2. The molecule has 0 saturated carbocycles. The lowest BCUT2D eigenvalue weighted by atomic mass is 10.1. The third-order valence-electron chi connectivity index (χ3n) is 4.05. The smallest absolute Gasteiger partial charge is 0.276 e. The minimum atomic E-state index is -0.106. The Bertz CT molecular complexity index is 822. The summed E-state index contributed by atoms with van der Waals surface area (Å²) < 4.78 is 7.42. The van der Waals surface area contributed by atoms with E-state index in [0.717, 1.165) is 24.2 Å². The number of nitrogens with zero attached hydrogens (tertiary/aromatic N) is 4. The Hall–Kier alpha value is -2.89. The predicted octanol–water partition coefficient (Wildman–Crippen LogP) is 2.58. The van der Waals surface area contributed by atoms with Gasteiger partial charge in [-0.2, -0.15) is 0 Å². The fraction of sp³-hybridized carbons (Fsp3) is 0.235. The van der Waals surface area contributed by atoms with Crippen LogP contribution in [-0.2, 0) is 13.1 Å². The Morgan fingerprint density at radius 2 is 2.04 bits per heavy atom. The zero-order chi connectivity index (χ0) is 15.6. The Balaban J connectivity index is 1.57. The molecule has 23 heavy (non-hydrogen) atoms. The SMILES string of the molecule is O=C(c1cc(-c2ccccc2)on1)N1CCCn2cncc2C1. The summed E-state index contributed by atoms with van der Waals surface area (Å²) in [6.45, 7) is 2.13. The molecule has 3 heterocycles. The number of hydrogen-bond acceptors (Lipinski definition) is 4. The molecule has 1 aromatic carbocycles. The topological polar surface area (TPSA) is 64.2 Å². The van der Waals surface area contributed by atoms with Gasteiger partial charge in [0, 0.05) is 30.9 Å². The van der Waals surface area contributed by atoms with Crippen molar-refractivity contribution in [1.82, 2.24) is 19.6 Å². The molecular weight excluding hydrogens is 292 g/mol. The van der Waals surface area contributed by atoms with Crippen LogP contribution in [0, 0.1) is 0 Å². The van der Waals surface area contributed by atoms with Crippen molar-refractivity contribution in [1.29, 1.82) is 0 Å². The van der Waals surface area contributed by atoms with Crippen LogP contribution in [0.15, 0.2) is 53.4 Å². The van der Waals surface area contributed by atoms with E-state index in [1.807, 2.05) is 42.9 Å². The number of imidazole rings is 1. The highest BCUT2D eigenvalue weighted by molar-refractivity contribution is 5.93. The van der Waals surface area contributed by atoms with Gasteiger partial charge in [0.25, 0.3) is 5.91 Å². The van der Waals surface area contributed by atoms with E-state index in [0.29, 0.717) is 24.5 Å². The van der Waals surface area contributed by atoms with Gasteiger partial charge >= 0.3 is 0 Å². The lowest BCUT2D eigenvalue weighted by Gasteiger charge is -2.18. The van der Waals surface area contributed by atoms with Crippen molar-refractivity contribution in [3.8, 4) is 11.3 Å². The van der Waals surface area contributed by atoms with Gasteiger partial charge in [0.15, 0.2) is 11.5 Å². The first-order valence-electron chi connectivity index (χ1n) is 7.62. The number of rotatable bonds is 2. The molecule has 6 heteroatoms. The maximum absolute atomic E-state index is 12.7. The predicted molar refractivity (Wildman–Crippen MR) is 83.5 cm³/mol. The van der Waals surface area contributed by atoms with Gasteiger partial charge in [-0.05, 0) is 6.42 Å². The summed E-state index contributed by atoms with van der Waals surface area (Å²) in [6, 6.07) is 11.4. The highest BCUT2D eigenvalue weighted by atomic mass is 16.5. The van der Waals surface area contributed by atoms with Gasteiger partial charge in [-0.3, -0.25) is 4.79 Å². The van der Waals surface area contributed by atoms with Gasteiger partial charge in [-0.1, -0.05) is 35.5 Å². The van der Waals surface area contributed by atoms with E-state index in [9.17, 15) is 4.79 Å². The highest BCUT2D eigenvalue weighted by Crippen LogP contribution is 2.21. The molecule has 4 rings (SSSR count). The van der Waals surface area contributed by atoms with Crippen molar-refractivity contribution in [3.05, 3.63) is 60.3 Å². The lowest BCUT2D eigenvalue weighted by molar-refractivity contribution is 0.0735. The Kier molecular flexibility index (Phi) is 3.42. The third-order valence-corrected chi connectivity index (χ3v) is 4.05. The summed E-state index contributed by atoms with van der Waals surface area (Å²) in [5, 5.41) is 3.95. The second-order valence-corrected chi connectivity index (χ2v) is 5.60. The van der Waals surface area contributed by atoms with Crippen LogP contribution in [0.2, 0.25) is 0 Å². The van der Waals surface area contributed by atoms with Crippen LogP contribution in [0.1, 0.15) is 22.6 Å². The summed E-state index contributed by atoms with van der Waals surface area (Å²) >= 11 is 0. The van der Waals surface area contributed by atoms with E-state index in [-0.39, 0.29) is 5.91 Å². The van der Waals surface area contributed by atoms with Gasteiger partial charge in [-0.25, -0.2) is 4.98 Å². The first kappa shape index (κ1) is 13.8. The van der Waals surface area contributed by atoms with Crippen LogP contribution in [-0.4, -0.2) is 32.1 Å². The Morgan fingerprint density at radius 1 is 1.17 bits per heavy atom. The van der Waals surface area contributed by atoms with Crippen molar-refractivity contribution in [2.75, 3.05) is 6.54 Å². The minimum Gasteiger partial charge on any atom is -0.355 e. The fourth-order valence-electron chi connectivity index (χ4n) is 2.84. The molecule has 1 amide bonds. The molecule has 3 aromatic rings. The molecule has 116 valence electrons. The van der Waals surface area contributed by atoms with Crippen LogP contribution >= 0.6 is 0 Å². The number of fused-ring (bicyclic) bond motifs is 1. The van der Waals surface area contributed by atoms with Crippen LogP contribution in [0.25, 0.3) is 11.3 Å². The normalized spacial score (nSPS) is 14.3. The van der Waals surface area contributed by atoms with E-state index in [1.54, 1.807) is 11.0 Å². The number of carbonyl (C=O) groups excluding carboxylic acids is 1. The number of aromatic nitrogens is 3. The monoisotopic (exact) mass is 308 g/mol. The Morgan fingerprint density at radius 3 is 2.91 bits per heavy atom. The summed E-state index contributed by atoms with van der Waals surface area (Å²) in [5.74, 6) is 0.499. The molecule has 1 aliphatic heterocycles. The van der Waals surface area contributed by atoms with Crippen LogP contribution in [0.5, 0.6) is 0 Å². The molecule has 0 N–H and O–H groups in total. The molecule has 0 fully saturated rings. The maximum atomic E-state index is 12.7. The zero-order valence-corrected chi connectivity index (χ0v) is 12.6. The lowest BCUT2D eigenvalue weighted by Crippen LogP contribution is -2.30. The molecular formula is C17H16N4O2. The number of carbonyl (C=O) groups is 1. The molecule has 1 aliphatic rings. The van der Waals surface area contributed by atoms with E-state index >= 15 is 0 Å². The van der Waals surface area contributed by atoms with Crippen molar-refractivity contribution in [2.45, 2.75) is 19.5 Å². The molecule has 0 aliphatic carbocycles. The van der Waals surface area contributed by atoms with Crippen LogP contribution < -0.4 is 0 Å². The third kappa shape index (κ3) is 2.63. The van der Waals surface area contributed by atoms with Crippen molar-refractivity contribution in [3.63, 3.8) is 0 Å². The van der Waals surface area contributed by atoms with Gasteiger partial charge in [0.2, 0.25) is 0 Å². The second-order valence-electron chi connectivity index (χ2n) is 5.60. The second kappa shape index (κ2) is 5.72. The van der Waals surface area contributed by atoms with E-state index < -0.39 is 0 Å². The van der Waals surface area contributed by atoms with E-state index in [2.05, 4.69) is 14.7 Å². The minimum absolute atomic E-state index is 0.106. The molecule has 0 atom stereocenters. The Labute approximate surface area is 133 Å².